The van der Waals surface area contributed by atoms with Gasteiger partial charge in [0, 0.05) is 10.1 Å². The van der Waals surface area contributed by atoms with Gasteiger partial charge in [-0.3, -0.25) is 0 Å². The van der Waals surface area contributed by atoms with Crippen molar-refractivity contribution in [3.05, 3.63) is 30.3 Å². The fourth-order valence-corrected chi connectivity index (χ4v) is 2.42. The number of benzene rings is 1. The van der Waals surface area contributed by atoms with Crippen LogP contribution in [0, 0.1) is 5.92 Å². The van der Waals surface area contributed by atoms with Crippen LogP contribution in [-0.4, -0.2) is 5.25 Å². The first-order valence-corrected chi connectivity index (χ1v) is 4.96. The van der Waals surface area contributed by atoms with Crippen molar-refractivity contribution in [3.63, 3.8) is 0 Å². The Bertz CT molecular complexity index is 230. The van der Waals surface area contributed by atoms with Gasteiger partial charge in [-0.25, -0.2) is 0 Å². The molecule has 0 aromatic heterocycles. The highest BCUT2D eigenvalue weighted by Crippen LogP contribution is 2.44. The summed E-state index contributed by atoms with van der Waals surface area (Å²) in [5.74, 6) is 0.945. The molecule has 2 unspecified atom stereocenters. The first-order valence-electron chi connectivity index (χ1n) is 4.08. The van der Waals surface area contributed by atoms with E-state index in [4.69, 9.17) is 0 Å². The maximum absolute atomic E-state index is 2.32. The monoisotopic (exact) mass is 164 g/mol. The molecule has 1 saturated carbocycles. The molecule has 11 heavy (non-hydrogen) atoms. The van der Waals surface area contributed by atoms with Crippen molar-refractivity contribution < 1.29 is 0 Å². The van der Waals surface area contributed by atoms with E-state index < -0.39 is 0 Å². The van der Waals surface area contributed by atoms with Crippen molar-refractivity contribution in [2.45, 2.75) is 23.5 Å². The van der Waals surface area contributed by atoms with Crippen LogP contribution in [0.3, 0.4) is 0 Å². The lowest BCUT2D eigenvalue weighted by Gasteiger charge is -1.96. The Morgan fingerprint density at radius 3 is 2.45 bits per heavy atom. The molecule has 1 aliphatic carbocycles. The first-order chi connectivity index (χ1) is 5.36. The Hall–Kier alpha value is -0.430. The number of rotatable bonds is 2. The maximum atomic E-state index is 2.32. The minimum absolute atomic E-state index is 0.900. The van der Waals surface area contributed by atoms with Crippen LogP contribution < -0.4 is 0 Å². The molecule has 1 aromatic rings. The zero-order chi connectivity index (χ0) is 7.68. The second-order valence-corrected chi connectivity index (χ2v) is 4.49. The fraction of sp³-hybridized carbons (Fsp3) is 0.400. The molecule has 0 nitrogen and oxygen atoms in total. The standard InChI is InChI=1S/C10H12S/c1-8-7-10(8)11-9-5-3-2-4-6-9/h2-6,8,10H,7H2,1H3. The van der Waals surface area contributed by atoms with E-state index in [9.17, 15) is 0 Å². The maximum Gasteiger partial charge on any atom is 0.0123 e. The number of thioether (sulfide) groups is 1. The van der Waals surface area contributed by atoms with Crippen LogP contribution in [0.25, 0.3) is 0 Å². The topological polar surface area (TPSA) is 0 Å². The Morgan fingerprint density at radius 2 is 1.91 bits per heavy atom. The predicted octanol–water partition coefficient (Wildman–Crippen LogP) is 3.19. The van der Waals surface area contributed by atoms with Crippen molar-refractivity contribution >= 4 is 11.8 Å². The molecule has 2 rings (SSSR count). The van der Waals surface area contributed by atoms with Gasteiger partial charge in [0.2, 0.25) is 0 Å². The summed E-state index contributed by atoms with van der Waals surface area (Å²) < 4.78 is 0. The van der Waals surface area contributed by atoms with Crippen molar-refractivity contribution in [2.24, 2.45) is 5.92 Å². The van der Waals surface area contributed by atoms with Gasteiger partial charge in [0.15, 0.2) is 0 Å². The molecular formula is C10H12S. The van der Waals surface area contributed by atoms with Crippen LogP contribution in [-0.2, 0) is 0 Å². The summed E-state index contributed by atoms with van der Waals surface area (Å²) in [7, 11) is 0. The lowest BCUT2D eigenvalue weighted by Crippen LogP contribution is -1.76. The molecule has 0 aliphatic heterocycles. The van der Waals surface area contributed by atoms with E-state index in [-0.39, 0.29) is 0 Å². The second kappa shape index (κ2) is 2.90. The molecule has 2 atom stereocenters. The number of hydrogen-bond acceptors (Lipinski definition) is 1. The zero-order valence-corrected chi connectivity index (χ0v) is 7.47. The number of hydrogen-bond donors (Lipinski definition) is 0. The lowest BCUT2D eigenvalue weighted by molar-refractivity contribution is 0.987. The predicted molar refractivity (Wildman–Crippen MR) is 49.9 cm³/mol. The van der Waals surface area contributed by atoms with E-state index in [2.05, 4.69) is 37.3 Å². The van der Waals surface area contributed by atoms with Gasteiger partial charge in [-0.1, -0.05) is 25.1 Å². The highest BCUT2D eigenvalue weighted by Gasteiger charge is 2.33. The lowest BCUT2D eigenvalue weighted by atomic mass is 10.4. The summed E-state index contributed by atoms with van der Waals surface area (Å²) >= 11 is 2.02. The summed E-state index contributed by atoms with van der Waals surface area (Å²) in [5, 5.41) is 0.900. The van der Waals surface area contributed by atoms with Crippen LogP contribution in [0.2, 0.25) is 0 Å². The van der Waals surface area contributed by atoms with Gasteiger partial charge < -0.3 is 0 Å². The van der Waals surface area contributed by atoms with Crippen molar-refractivity contribution in [1.82, 2.24) is 0 Å². The van der Waals surface area contributed by atoms with Crippen molar-refractivity contribution in [2.75, 3.05) is 0 Å². The van der Waals surface area contributed by atoms with Gasteiger partial charge in [-0.15, -0.1) is 11.8 Å². The Morgan fingerprint density at radius 1 is 1.27 bits per heavy atom. The second-order valence-electron chi connectivity index (χ2n) is 3.18. The molecule has 1 heteroatoms. The van der Waals surface area contributed by atoms with Crippen LogP contribution in [0.4, 0.5) is 0 Å². The van der Waals surface area contributed by atoms with Crippen LogP contribution in [0.5, 0.6) is 0 Å². The third kappa shape index (κ3) is 1.78. The molecule has 0 spiro atoms. The van der Waals surface area contributed by atoms with Gasteiger partial charge in [0.05, 0.1) is 0 Å². The molecule has 1 aromatic carbocycles. The van der Waals surface area contributed by atoms with Gasteiger partial charge in [0.1, 0.15) is 0 Å². The van der Waals surface area contributed by atoms with E-state index in [1.807, 2.05) is 11.8 Å². The van der Waals surface area contributed by atoms with Crippen molar-refractivity contribution in [1.29, 1.82) is 0 Å². The molecule has 0 amide bonds. The Balaban J connectivity index is 1.97. The molecule has 0 heterocycles. The first kappa shape index (κ1) is 7.23. The summed E-state index contributed by atoms with van der Waals surface area (Å²) in [5.41, 5.74) is 0. The highest BCUT2D eigenvalue weighted by molar-refractivity contribution is 8.00. The molecule has 0 radical (unpaired) electrons. The van der Waals surface area contributed by atoms with Crippen LogP contribution in [0.15, 0.2) is 35.2 Å². The fourth-order valence-electron chi connectivity index (χ4n) is 1.13. The third-order valence-corrected chi connectivity index (χ3v) is 3.57. The molecule has 0 saturated heterocycles. The van der Waals surface area contributed by atoms with Gasteiger partial charge in [-0.2, -0.15) is 0 Å². The van der Waals surface area contributed by atoms with Crippen LogP contribution >= 0.6 is 11.8 Å². The average molecular weight is 164 g/mol. The summed E-state index contributed by atoms with van der Waals surface area (Å²) in [6.45, 7) is 2.32. The van der Waals surface area contributed by atoms with Crippen LogP contribution in [0.1, 0.15) is 13.3 Å². The minimum atomic E-state index is 0.900. The highest BCUT2D eigenvalue weighted by atomic mass is 32.2. The van der Waals surface area contributed by atoms with Gasteiger partial charge >= 0.3 is 0 Å². The Kier molecular flexibility index (Phi) is 1.91. The van der Waals surface area contributed by atoms with E-state index in [1.54, 1.807) is 0 Å². The van der Waals surface area contributed by atoms with Gasteiger partial charge in [-0.05, 0) is 24.5 Å². The van der Waals surface area contributed by atoms with E-state index in [0.29, 0.717) is 0 Å². The average Bonchev–Trinajstić information content (AvgIpc) is 2.69. The largest absolute Gasteiger partial charge is 0.122 e. The zero-order valence-electron chi connectivity index (χ0n) is 6.66. The van der Waals surface area contributed by atoms with Gasteiger partial charge in [0.25, 0.3) is 0 Å². The Labute approximate surface area is 72.0 Å². The quantitative estimate of drug-likeness (QED) is 0.647. The smallest absolute Gasteiger partial charge is 0.0123 e. The minimum Gasteiger partial charge on any atom is -0.122 e. The molecule has 0 bridgehead atoms. The molecular weight excluding hydrogens is 152 g/mol. The SMILES string of the molecule is CC1CC1Sc1ccccc1. The summed E-state index contributed by atoms with van der Waals surface area (Å²) in [6.07, 6.45) is 1.40. The normalized spacial score (nSPS) is 28.5. The summed E-state index contributed by atoms with van der Waals surface area (Å²) in [4.78, 5) is 1.42. The third-order valence-electron chi connectivity index (χ3n) is 2.07. The molecule has 0 N–H and O–H groups in total. The molecule has 1 aliphatic rings. The summed E-state index contributed by atoms with van der Waals surface area (Å²) in [6, 6.07) is 10.7. The van der Waals surface area contributed by atoms with E-state index in [0.717, 1.165) is 11.2 Å². The van der Waals surface area contributed by atoms with E-state index in [1.165, 1.54) is 11.3 Å². The van der Waals surface area contributed by atoms with Crippen molar-refractivity contribution in [3.8, 4) is 0 Å². The molecule has 1 fully saturated rings. The van der Waals surface area contributed by atoms with E-state index >= 15 is 0 Å². The molecule has 58 valence electrons.